The summed E-state index contributed by atoms with van der Waals surface area (Å²) in [6, 6.07) is 7.64. The van der Waals surface area contributed by atoms with Crippen LogP contribution in [-0.2, 0) is 18.9 Å². The van der Waals surface area contributed by atoms with Gasteiger partial charge in [-0.1, -0.05) is 59.1 Å². The van der Waals surface area contributed by atoms with Gasteiger partial charge in [-0.2, -0.15) is 0 Å². The van der Waals surface area contributed by atoms with Gasteiger partial charge in [-0.15, -0.1) is 0 Å². The second kappa shape index (κ2) is 14.7. The Morgan fingerprint density at radius 3 is 2.48 bits per heavy atom. The number of hydrazine groups is 1. The Bertz CT molecular complexity index is 1270. The Balaban J connectivity index is 1.42. The van der Waals surface area contributed by atoms with E-state index in [2.05, 4.69) is 58.8 Å². The fraction of sp³-hybridized carbons (Fsp3) is 0.727. The van der Waals surface area contributed by atoms with E-state index < -0.39 is 23.7 Å². The number of ether oxygens (including phenoxy) is 1. The van der Waals surface area contributed by atoms with Crippen molar-refractivity contribution in [1.82, 2.24) is 10.7 Å². The number of benzene rings is 1. The van der Waals surface area contributed by atoms with Crippen LogP contribution in [0.2, 0.25) is 0 Å². The summed E-state index contributed by atoms with van der Waals surface area (Å²) in [5.41, 5.74) is 8.32. The van der Waals surface area contributed by atoms with Crippen molar-refractivity contribution < 1.29 is 28.7 Å². The normalized spacial score (nSPS) is 26.2. The molecule has 1 aromatic rings. The van der Waals surface area contributed by atoms with Gasteiger partial charge < -0.3 is 25.1 Å². The van der Waals surface area contributed by atoms with Crippen molar-refractivity contribution in [1.29, 1.82) is 0 Å². The predicted molar refractivity (Wildman–Crippen MR) is 176 cm³/mol. The Morgan fingerprint density at radius 2 is 1.87 bits per heavy atom. The Hall–Kier alpha value is -3.19. The number of rotatable bonds is 16. The highest BCUT2D eigenvalue weighted by molar-refractivity contribution is 6.47. The van der Waals surface area contributed by atoms with Crippen LogP contribution in [0.25, 0.3) is 0 Å². The van der Waals surface area contributed by atoms with E-state index in [0.29, 0.717) is 42.8 Å². The van der Waals surface area contributed by atoms with Crippen LogP contribution in [0.5, 0.6) is 5.75 Å². The molecule has 12 nitrogen and oxygen atoms in total. The van der Waals surface area contributed by atoms with Crippen LogP contribution in [0.4, 0.5) is 0 Å². The lowest BCUT2D eigenvalue weighted by molar-refractivity contribution is -0.525. The number of guanidine groups is 1. The molecule has 3 aliphatic carbocycles. The predicted octanol–water partition coefficient (Wildman–Crippen LogP) is 4.44. The summed E-state index contributed by atoms with van der Waals surface area (Å²) in [6.45, 7) is 15.2. The zero-order valence-electron chi connectivity index (χ0n) is 28.4. The molecule has 2 bridgehead atoms. The van der Waals surface area contributed by atoms with E-state index in [9.17, 15) is 19.7 Å². The van der Waals surface area contributed by atoms with E-state index in [1.54, 1.807) is 0 Å². The lowest BCUT2D eigenvalue weighted by atomic mass is 9.43. The highest BCUT2D eigenvalue weighted by Gasteiger charge is 2.68. The van der Waals surface area contributed by atoms with Crippen LogP contribution in [0.1, 0.15) is 98.5 Å². The number of hydrogen-bond donors (Lipinski definition) is 3. The van der Waals surface area contributed by atoms with Crippen LogP contribution in [0, 0.1) is 39.2 Å². The number of carbonyl (C=O) groups excluding carboxylic acids is 2. The summed E-state index contributed by atoms with van der Waals surface area (Å²) in [5.74, 6) is 0.397. The Kier molecular flexibility index (Phi) is 11.4. The van der Waals surface area contributed by atoms with Crippen molar-refractivity contribution in [2.45, 2.75) is 111 Å². The van der Waals surface area contributed by atoms with Crippen molar-refractivity contribution in [3.05, 3.63) is 39.9 Å². The number of hydrogen-bond acceptors (Lipinski definition) is 8. The number of nitrogens with two attached hydrogens (primary N) is 1. The molecule has 1 saturated heterocycles. The number of aliphatic imine (C=N–C) groups is 1. The van der Waals surface area contributed by atoms with Gasteiger partial charge in [0.2, 0.25) is 5.91 Å². The average Bonchev–Trinajstić information content (AvgIpc) is 3.34. The molecule has 46 heavy (non-hydrogen) atoms. The minimum Gasteiger partial charge on any atom is -0.486 e. The lowest BCUT2D eigenvalue weighted by Gasteiger charge is -2.64. The van der Waals surface area contributed by atoms with Gasteiger partial charge in [0.15, 0.2) is 10.8 Å². The smallest absolute Gasteiger partial charge is 0.481 e. The van der Waals surface area contributed by atoms with Gasteiger partial charge >= 0.3 is 7.12 Å². The maximum atomic E-state index is 13.9. The number of amides is 1. The molecule has 4 aliphatic rings. The molecule has 4 fully saturated rings. The number of ketones is 1. The first kappa shape index (κ1) is 35.7. The summed E-state index contributed by atoms with van der Waals surface area (Å²) >= 11 is 0. The Labute approximate surface area is 273 Å². The molecule has 1 aliphatic heterocycles. The molecule has 0 aromatic heterocycles. The molecule has 1 heterocycles. The summed E-state index contributed by atoms with van der Waals surface area (Å²) in [4.78, 5) is 41.6. The highest BCUT2D eigenvalue weighted by Crippen LogP contribution is 2.65. The van der Waals surface area contributed by atoms with Crippen LogP contribution in [0.3, 0.4) is 0 Å². The van der Waals surface area contributed by atoms with Gasteiger partial charge in [-0.25, -0.2) is 15.1 Å². The van der Waals surface area contributed by atoms with Crippen LogP contribution in [0.15, 0.2) is 29.3 Å². The summed E-state index contributed by atoms with van der Waals surface area (Å²) in [7, 11) is -0.581. The summed E-state index contributed by atoms with van der Waals surface area (Å²) < 4.78 is 19.0. The minimum atomic E-state index is -0.785. The molecule has 1 amide bonds. The third-order valence-corrected chi connectivity index (χ3v) is 10.3. The Morgan fingerprint density at radius 1 is 1.17 bits per heavy atom. The molecule has 0 unspecified atom stereocenters. The summed E-state index contributed by atoms with van der Waals surface area (Å²) in [5, 5.41) is 13.0. The van der Waals surface area contributed by atoms with Gasteiger partial charge in [0.25, 0.3) is 5.96 Å². The van der Waals surface area contributed by atoms with Crippen molar-refractivity contribution in [3.8, 4) is 5.75 Å². The fourth-order valence-corrected chi connectivity index (χ4v) is 7.56. The first-order valence-electron chi connectivity index (χ1n) is 16.7. The van der Waals surface area contributed by atoms with E-state index in [-0.39, 0.29) is 60.6 Å². The molecule has 13 heteroatoms. The molecule has 3 saturated carbocycles. The second-order valence-electron chi connectivity index (χ2n) is 14.8. The minimum absolute atomic E-state index is 0.0129. The topological polar surface area (TPSA) is 167 Å². The number of carbonyl (C=O) groups is 2. The molecule has 4 N–H and O–H groups in total. The van der Waals surface area contributed by atoms with Crippen LogP contribution in [-0.4, -0.2) is 60.6 Å². The van der Waals surface area contributed by atoms with Crippen molar-refractivity contribution in [2.75, 3.05) is 13.2 Å². The largest absolute Gasteiger partial charge is 0.486 e. The van der Waals surface area contributed by atoms with E-state index in [1.807, 2.05) is 29.7 Å². The van der Waals surface area contributed by atoms with Gasteiger partial charge in [-0.05, 0) is 85.8 Å². The zero-order valence-corrected chi connectivity index (χ0v) is 28.4. The third kappa shape index (κ3) is 8.39. The first-order valence-corrected chi connectivity index (χ1v) is 16.7. The lowest BCUT2D eigenvalue weighted by Crippen LogP contribution is -2.65. The monoisotopic (exact) mass is 641 g/mol. The zero-order chi connectivity index (χ0) is 33.8. The van der Waals surface area contributed by atoms with Gasteiger partial charge in [0.05, 0.1) is 17.6 Å². The number of nitrogens with one attached hydrogen (secondary N) is 2. The van der Waals surface area contributed by atoms with E-state index in [0.717, 1.165) is 12.8 Å². The maximum absolute atomic E-state index is 13.9. The molecule has 0 radical (unpaired) electrons. The first-order chi connectivity index (χ1) is 21.6. The van der Waals surface area contributed by atoms with E-state index in [4.69, 9.17) is 19.8 Å². The molecular formula is C33H52BN5O7. The SMILES string of the molecule is CC(C)C[C@H](NC(=O)[C@H](CCCN=C(N)N[N+](=O)[O-])CC(=O)COc1ccc(C(C)C)cc1)B1O[C@@H]2C[C@@H]3C[C@@H](C3(C)C)[C@]2(C)O1. The average molecular weight is 642 g/mol. The van der Waals surface area contributed by atoms with E-state index in [1.165, 1.54) is 5.56 Å². The quantitative estimate of drug-likeness (QED) is 0.0590. The van der Waals surface area contributed by atoms with Crippen molar-refractivity contribution >= 4 is 24.8 Å². The standard InChI is InChI=1S/C33H52BN5O7/c1-20(2)15-29(34-45-28-18-24-17-27(32(24,5)6)33(28,7)46-34)37-30(41)23(9-8-14-36-31(35)38-39(42)43)16-25(40)19-44-26-12-10-22(11-13-26)21(3)4/h10-13,20-21,23-24,27-29H,8-9,14-19H2,1-7H3,(H,37,41)(H3,35,36,38)/t23-,24+,27+,28-,29+,33+/m1/s1. The third-order valence-electron chi connectivity index (χ3n) is 10.3. The van der Waals surface area contributed by atoms with Gasteiger partial charge in [0.1, 0.15) is 12.4 Å². The van der Waals surface area contributed by atoms with Crippen LogP contribution < -0.4 is 21.2 Å². The number of nitrogens with zero attached hydrogens (tertiary/aromatic N) is 2. The van der Waals surface area contributed by atoms with E-state index >= 15 is 0 Å². The van der Waals surface area contributed by atoms with Crippen LogP contribution >= 0.6 is 0 Å². The molecule has 254 valence electrons. The van der Waals surface area contributed by atoms with Crippen molar-refractivity contribution in [3.63, 3.8) is 0 Å². The molecule has 6 atom stereocenters. The van der Waals surface area contributed by atoms with Crippen molar-refractivity contribution in [2.24, 2.45) is 39.8 Å². The molecule has 0 spiro atoms. The molecule has 1 aromatic carbocycles. The highest BCUT2D eigenvalue weighted by atomic mass is 16.7. The molecule has 5 rings (SSSR count). The fourth-order valence-electron chi connectivity index (χ4n) is 7.56. The number of Topliss-reactive ketones (excluding diaryl/α,β-unsaturated/α-hetero) is 1. The second-order valence-corrected chi connectivity index (χ2v) is 14.8. The number of nitro groups is 1. The maximum Gasteiger partial charge on any atom is 0.481 e. The summed E-state index contributed by atoms with van der Waals surface area (Å²) in [6.07, 6.45) is 3.42. The van der Waals surface area contributed by atoms with Gasteiger partial charge in [-0.3, -0.25) is 9.59 Å². The molecular weight excluding hydrogens is 589 g/mol. The van der Waals surface area contributed by atoms with Gasteiger partial charge in [0, 0.05) is 18.9 Å².